The molecular weight excluding hydrogens is 565 g/mol. The summed E-state index contributed by atoms with van der Waals surface area (Å²) in [5.41, 5.74) is 13.9. The Morgan fingerprint density at radius 1 is 1.00 bits per heavy atom. The molecule has 4 aromatic rings. The number of sulfonamides is 1. The van der Waals surface area contributed by atoms with Crippen LogP contribution in [0.3, 0.4) is 0 Å². The van der Waals surface area contributed by atoms with Crippen molar-refractivity contribution in [1.29, 1.82) is 5.41 Å². The van der Waals surface area contributed by atoms with Gasteiger partial charge in [-0.25, -0.2) is 13.4 Å². The minimum Gasteiger partial charge on any atom is -0.384 e. The molecule has 8 nitrogen and oxygen atoms in total. The number of alkyl halides is 3. The zero-order valence-corrected chi connectivity index (χ0v) is 24.6. The average Bonchev–Trinajstić information content (AvgIpc) is 3.26. The Morgan fingerprint density at radius 3 is 2.26 bits per heavy atom. The molecular formula is C30H35F3N6O2S. The highest BCUT2D eigenvalue weighted by Gasteiger charge is 2.36. The molecule has 3 aromatic carbocycles. The van der Waals surface area contributed by atoms with E-state index in [1.165, 1.54) is 4.31 Å². The number of hydrogen-bond donors (Lipinski definition) is 3. The predicted octanol–water partition coefficient (Wildman–Crippen LogP) is 4.94. The molecule has 4 rings (SSSR count). The first-order valence-corrected chi connectivity index (χ1v) is 15.1. The fourth-order valence-corrected chi connectivity index (χ4v) is 7.12. The van der Waals surface area contributed by atoms with Gasteiger partial charge in [0, 0.05) is 25.6 Å². The lowest BCUT2D eigenvalue weighted by molar-refractivity contribution is -0.138. The van der Waals surface area contributed by atoms with Gasteiger partial charge in [0.2, 0.25) is 0 Å². The number of aromatic nitrogens is 2. The van der Waals surface area contributed by atoms with Crippen LogP contribution in [0.5, 0.6) is 0 Å². The van der Waals surface area contributed by atoms with Gasteiger partial charge in [-0.2, -0.15) is 13.2 Å². The molecule has 0 atom stereocenters. The van der Waals surface area contributed by atoms with E-state index in [0.29, 0.717) is 29.6 Å². The molecule has 0 saturated heterocycles. The molecule has 0 bridgehead atoms. The normalized spacial score (nSPS) is 12.2. The second-order valence-corrected chi connectivity index (χ2v) is 11.8. The van der Waals surface area contributed by atoms with Gasteiger partial charge in [0.15, 0.2) is 0 Å². The minimum absolute atomic E-state index is 0.0103. The van der Waals surface area contributed by atoms with Gasteiger partial charge in [-0.1, -0.05) is 31.2 Å². The second kappa shape index (κ2) is 12.1. The van der Waals surface area contributed by atoms with Crippen molar-refractivity contribution in [3.8, 4) is 0 Å². The third-order valence-electron chi connectivity index (χ3n) is 7.44. The van der Waals surface area contributed by atoms with Crippen molar-refractivity contribution in [3.05, 3.63) is 88.2 Å². The van der Waals surface area contributed by atoms with Crippen LogP contribution in [0.2, 0.25) is 0 Å². The summed E-state index contributed by atoms with van der Waals surface area (Å²) in [5, 5.41) is 7.54. The summed E-state index contributed by atoms with van der Waals surface area (Å²) in [7, 11) is -2.32. The maximum atomic E-state index is 14.0. The summed E-state index contributed by atoms with van der Waals surface area (Å²) in [6.45, 7) is 3.35. The minimum atomic E-state index is -4.62. The molecule has 0 aliphatic rings. The molecule has 0 saturated carbocycles. The lowest BCUT2D eigenvalue weighted by Gasteiger charge is -2.26. The summed E-state index contributed by atoms with van der Waals surface area (Å²) in [5.74, 6) is 0.821. The average molecular weight is 601 g/mol. The first-order valence-electron chi connectivity index (χ1n) is 13.7. The third kappa shape index (κ3) is 6.00. The number of rotatable bonds is 11. The largest absolute Gasteiger partial charge is 0.416 e. The highest BCUT2D eigenvalue weighted by atomic mass is 32.2. The number of imidazole rings is 1. The summed E-state index contributed by atoms with van der Waals surface area (Å²) in [6, 6.07) is 14.5. The number of amidine groups is 1. The van der Waals surface area contributed by atoms with Crippen LogP contribution in [-0.4, -0.2) is 36.9 Å². The monoisotopic (exact) mass is 600 g/mol. The summed E-state index contributed by atoms with van der Waals surface area (Å²) >= 11 is 0. The highest BCUT2D eigenvalue weighted by molar-refractivity contribution is 7.92. The Kier molecular flexibility index (Phi) is 8.98. The van der Waals surface area contributed by atoms with Crippen LogP contribution < -0.4 is 15.8 Å². The fourth-order valence-electron chi connectivity index (χ4n) is 5.33. The molecule has 0 spiro atoms. The van der Waals surface area contributed by atoms with Gasteiger partial charge < -0.3 is 16.0 Å². The molecule has 12 heteroatoms. The maximum absolute atomic E-state index is 14.0. The number of fused-ring (bicyclic) bond motifs is 1. The summed E-state index contributed by atoms with van der Waals surface area (Å²) < 4.78 is 72.4. The molecule has 0 radical (unpaired) electrons. The van der Waals surface area contributed by atoms with Crippen LogP contribution in [-0.2, 0) is 48.9 Å². The molecule has 0 amide bonds. The van der Waals surface area contributed by atoms with Gasteiger partial charge in [-0.3, -0.25) is 9.71 Å². The standard InChI is InChI=1S/C30H35F3N6O2S/c1-4-22-23(16-17-34)24(30(31,32)33)12-14-27(22)42(40,41)39(5-2)21-11-13-26-25(18-21)37-28(38(26)3)15-8-19-6-9-20(10-7-19)29(35)36/h6-7,9-14,18H,4-5,8,15-17,34H2,1-3H3,(H3,35,36). The Labute approximate surface area is 243 Å². The van der Waals surface area contributed by atoms with E-state index in [9.17, 15) is 21.6 Å². The number of hydrogen-bond acceptors (Lipinski definition) is 5. The van der Waals surface area contributed by atoms with Crippen molar-refractivity contribution in [1.82, 2.24) is 9.55 Å². The van der Waals surface area contributed by atoms with E-state index in [2.05, 4.69) is 0 Å². The molecule has 1 aromatic heterocycles. The number of nitrogen functional groups attached to an aromatic ring is 1. The number of aryl methyl sites for hydroxylation is 3. The first kappa shape index (κ1) is 31.0. The number of nitrogens with one attached hydrogen (secondary N) is 1. The van der Waals surface area contributed by atoms with Gasteiger partial charge in [-0.05, 0) is 79.8 Å². The van der Waals surface area contributed by atoms with Crippen molar-refractivity contribution in [3.63, 3.8) is 0 Å². The van der Waals surface area contributed by atoms with Crippen LogP contribution in [0.15, 0.2) is 59.5 Å². The molecule has 0 aliphatic carbocycles. The number of halogens is 3. The maximum Gasteiger partial charge on any atom is 0.416 e. The topological polar surface area (TPSA) is 131 Å². The van der Waals surface area contributed by atoms with Crippen molar-refractivity contribution < 1.29 is 21.6 Å². The predicted molar refractivity (Wildman–Crippen MR) is 159 cm³/mol. The number of benzene rings is 3. The lowest BCUT2D eigenvalue weighted by Crippen LogP contribution is -2.32. The van der Waals surface area contributed by atoms with Crippen molar-refractivity contribution >= 4 is 32.6 Å². The Balaban J connectivity index is 1.69. The third-order valence-corrected chi connectivity index (χ3v) is 9.43. The van der Waals surface area contributed by atoms with E-state index >= 15 is 0 Å². The second-order valence-electron chi connectivity index (χ2n) is 10.00. The van der Waals surface area contributed by atoms with E-state index in [4.69, 9.17) is 21.9 Å². The smallest absolute Gasteiger partial charge is 0.384 e. The Hall–Kier alpha value is -3.90. The van der Waals surface area contributed by atoms with Gasteiger partial charge in [0.1, 0.15) is 11.7 Å². The van der Waals surface area contributed by atoms with E-state index in [1.807, 2.05) is 23.7 Å². The molecule has 0 aliphatic heterocycles. The zero-order valence-electron chi connectivity index (χ0n) is 23.8. The van der Waals surface area contributed by atoms with E-state index < -0.39 is 21.8 Å². The lowest BCUT2D eigenvalue weighted by atomic mass is 9.96. The summed E-state index contributed by atoms with van der Waals surface area (Å²) in [4.78, 5) is 4.61. The van der Waals surface area contributed by atoms with Crippen molar-refractivity contribution in [2.24, 2.45) is 18.5 Å². The van der Waals surface area contributed by atoms with Gasteiger partial charge >= 0.3 is 6.18 Å². The first-order chi connectivity index (χ1) is 19.8. The van der Waals surface area contributed by atoms with Gasteiger partial charge in [0.25, 0.3) is 10.0 Å². The molecule has 224 valence electrons. The number of nitrogens with zero attached hydrogens (tertiary/aromatic N) is 3. The molecule has 0 unspecified atom stereocenters. The number of nitrogens with two attached hydrogens (primary N) is 2. The van der Waals surface area contributed by atoms with Crippen LogP contribution in [0.4, 0.5) is 18.9 Å². The Bertz CT molecular complexity index is 1710. The van der Waals surface area contributed by atoms with Gasteiger partial charge in [0.05, 0.1) is 27.2 Å². The molecule has 5 N–H and O–H groups in total. The molecule has 0 fully saturated rings. The molecule has 1 heterocycles. The van der Waals surface area contributed by atoms with Gasteiger partial charge in [-0.15, -0.1) is 0 Å². The Morgan fingerprint density at radius 2 is 1.69 bits per heavy atom. The van der Waals surface area contributed by atoms with Crippen LogP contribution in [0.1, 0.15) is 47.5 Å². The zero-order chi connectivity index (χ0) is 30.8. The van der Waals surface area contributed by atoms with Crippen LogP contribution >= 0.6 is 0 Å². The van der Waals surface area contributed by atoms with Crippen molar-refractivity contribution in [2.45, 2.75) is 50.6 Å². The summed E-state index contributed by atoms with van der Waals surface area (Å²) in [6.07, 6.45) is -3.27. The quantitative estimate of drug-likeness (QED) is 0.166. The highest BCUT2D eigenvalue weighted by Crippen LogP contribution is 2.38. The number of anilines is 1. The van der Waals surface area contributed by atoms with Crippen molar-refractivity contribution in [2.75, 3.05) is 17.4 Å². The van der Waals surface area contributed by atoms with Crippen LogP contribution in [0.25, 0.3) is 11.0 Å². The SMILES string of the molecule is CCc1c(S(=O)(=O)N(CC)c2ccc3c(c2)nc(CCc2ccc(C(=N)N)cc2)n3C)ccc(C(F)(F)F)c1CCN. The van der Waals surface area contributed by atoms with E-state index in [1.54, 1.807) is 44.2 Å². The van der Waals surface area contributed by atoms with E-state index in [0.717, 1.165) is 29.0 Å². The molecule has 42 heavy (non-hydrogen) atoms. The van der Waals surface area contributed by atoms with E-state index in [-0.39, 0.29) is 47.8 Å². The van der Waals surface area contributed by atoms with Crippen LogP contribution in [0, 0.1) is 5.41 Å². The fraction of sp³-hybridized carbons (Fsp3) is 0.333.